The Morgan fingerprint density at radius 3 is 1.62 bits per heavy atom. The van der Waals surface area contributed by atoms with E-state index in [4.69, 9.17) is 0 Å². The molecule has 0 saturated carbocycles. The van der Waals surface area contributed by atoms with Crippen LogP contribution in [-0.4, -0.2) is 5.11 Å². The molecule has 0 amide bonds. The van der Waals surface area contributed by atoms with Crippen molar-refractivity contribution in [3.05, 3.63) is 29.8 Å². The molecule has 1 heteroatoms. The fourth-order valence-electron chi connectivity index (χ4n) is 4.02. The predicted molar refractivity (Wildman–Crippen MR) is 107 cm³/mol. The summed E-state index contributed by atoms with van der Waals surface area (Å²) in [5.74, 6) is 0.515. The first kappa shape index (κ1) is 21.1. The monoisotopic (exact) mass is 332 g/mol. The lowest BCUT2D eigenvalue weighted by Gasteiger charge is -2.36. The number of hydrogen-bond acceptors (Lipinski definition) is 1. The Morgan fingerprint density at radius 1 is 0.667 bits per heavy atom. The molecular formula is C23H40O. The molecule has 138 valence electrons. The third kappa shape index (κ3) is 6.87. The van der Waals surface area contributed by atoms with Crippen LogP contribution in [0.2, 0.25) is 0 Å². The minimum Gasteiger partial charge on any atom is -0.508 e. The van der Waals surface area contributed by atoms with Crippen LogP contribution in [0.1, 0.15) is 110 Å². The van der Waals surface area contributed by atoms with Gasteiger partial charge in [-0.3, -0.25) is 0 Å². The first-order valence-corrected chi connectivity index (χ1v) is 10.5. The Hall–Kier alpha value is -0.980. The van der Waals surface area contributed by atoms with Crippen molar-refractivity contribution >= 4 is 0 Å². The molecule has 0 heterocycles. The molecule has 1 aromatic carbocycles. The number of phenolic OH excluding ortho intramolecular Hbond substituents is 1. The quantitative estimate of drug-likeness (QED) is 0.345. The van der Waals surface area contributed by atoms with Crippen LogP contribution in [0.3, 0.4) is 0 Å². The van der Waals surface area contributed by atoms with E-state index in [0.717, 1.165) is 0 Å². The zero-order valence-corrected chi connectivity index (χ0v) is 16.4. The average molecular weight is 333 g/mol. The summed E-state index contributed by atoms with van der Waals surface area (Å²) in [7, 11) is 0. The maximum Gasteiger partial charge on any atom is 0.119 e. The number of rotatable bonds is 14. The fourth-order valence-corrected chi connectivity index (χ4v) is 4.02. The van der Waals surface area contributed by atoms with Gasteiger partial charge in [-0.2, -0.15) is 0 Å². The molecule has 0 saturated heterocycles. The summed E-state index contributed by atoms with van der Waals surface area (Å²) < 4.78 is 0. The highest BCUT2D eigenvalue weighted by Crippen LogP contribution is 2.44. The van der Waals surface area contributed by atoms with Crippen molar-refractivity contribution in [2.24, 2.45) is 0 Å². The lowest BCUT2D eigenvalue weighted by atomic mass is 9.69. The van der Waals surface area contributed by atoms with Crippen LogP contribution in [0.25, 0.3) is 0 Å². The van der Waals surface area contributed by atoms with Gasteiger partial charge in [0.25, 0.3) is 0 Å². The lowest BCUT2D eigenvalue weighted by Crippen LogP contribution is -2.27. The van der Waals surface area contributed by atoms with Gasteiger partial charge in [-0.25, -0.2) is 0 Å². The Labute approximate surface area is 150 Å². The number of benzene rings is 1. The third-order valence-corrected chi connectivity index (χ3v) is 5.50. The van der Waals surface area contributed by atoms with Gasteiger partial charge in [0.2, 0.25) is 0 Å². The first-order chi connectivity index (χ1) is 11.7. The minimum atomic E-state index is 0.184. The summed E-state index contributed by atoms with van der Waals surface area (Å²) in [6, 6.07) is 8.14. The number of phenols is 1. The van der Waals surface area contributed by atoms with E-state index in [-0.39, 0.29) is 5.41 Å². The van der Waals surface area contributed by atoms with E-state index in [1.807, 2.05) is 12.1 Å². The van der Waals surface area contributed by atoms with E-state index in [2.05, 4.69) is 32.9 Å². The van der Waals surface area contributed by atoms with Gasteiger partial charge < -0.3 is 5.11 Å². The maximum absolute atomic E-state index is 10.6. The van der Waals surface area contributed by atoms with Gasteiger partial charge in [0.05, 0.1) is 0 Å². The standard InChI is InChI=1S/C23H40O/c1-4-7-10-15-20-23(18-13-8-5-2,19-14-9-6-3)21-16-11-12-17-22(21)24/h11-12,16-17,24H,4-10,13-15,18-20H2,1-3H3. The van der Waals surface area contributed by atoms with Crippen molar-refractivity contribution in [2.45, 2.75) is 110 Å². The van der Waals surface area contributed by atoms with Gasteiger partial charge >= 0.3 is 0 Å². The van der Waals surface area contributed by atoms with Gasteiger partial charge in [0.1, 0.15) is 5.75 Å². The second-order valence-electron chi connectivity index (χ2n) is 7.52. The van der Waals surface area contributed by atoms with Crippen molar-refractivity contribution in [2.75, 3.05) is 0 Å². The van der Waals surface area contributed by atoms with Crippen molar-refractivity contribution in [1.29, 1.82) is 0 Å². The SMILES string of the molecule is CCCCCCC(CCCCC)(CCCCC)c1ccccc1O. The van der Waals surface area contributed by atoms with Gasteiger partial charge in [-0.05, 0) is 30.7 Å². The van der Waals surface area contributed by atoms with Crippen LogP contribution in [-0.2, 0) is 5.41 Å². The van der Waals surface area contributed by atoms with Crippen LogP contribution >= 0.6 is 0 Å². The van der Waals surface area contributed by atoms with Gasteiger partial charge in [-0.1, -0.05) is 103 Å². The van der Waals surface area contributed by atoms with Crippen LogP contribution < -0.4 is 0 Å². The van der Waals surface area contributed by atoms with Gasteiger partial charge in [0.15, 0.2) is 0 Å². The molecule has 0 spiro atoms. The van der Waals surface area contributed by atoms with E-state index in [0.29, 0.717) is 5.75 Å². The lowest BCUT2D eigenvalue weighted by molar-refractivity contribution is 0.291. The normalized spacial score (nSPS) is 11.8. The summed E-state index contributed by atoms with van der Waals surface area (Å²) in [6.45, 7) is 6.83. The smallest absolute Gasteiger partial charge is 0.119 e. The van der Waals surface area contributed by atoms with E-state index in [1.165, 1.54) is 89.0 Å². The summed E-state index contributed by atoms with van der Waals surface area (Å²) in [6.07, 6.45) is 16.6. The third-order valence-electron chi connectivity index (χ3n) is 5.50. The van der Waals surface area contributed by atoms with E-state index in [1.54, 1.807) is 0 Å². The van der Waals surface area contributed by atoms with Crippen LogP contribution in [0.15, 0.2) is 24.3 Å². The summed E-state index contributed by atoms with van der Waals surface area (Å²) in [4.78, 5) is 0. The Bertz CT molecular complexity index is 414. The van der Waals surface area contributed by atoms with Crippen molar-refractivity contribution in [1.82, 2.24) is 0 Å². The summed E-state index contributed by atoms with van der Waals surface area (Å²) in [5, 5.41) is 10.6. The number of unbranched alkanes of at least 4 members (excludes halogenated alkanes) is 7. The first-order valence-electron chi connectivity index (χ1n) is 10.5. The fraction of sp³-hybridized carbons (Fsp3) is 0.739. The molecule has 1 rings (SSSR count). The largest absolute Gasteiger partial charge is 0.508 e. The molecule has 1 aromatic rings. The molecule has 0 aliphatic heterocycles. The van der Waals surface area contributed by atoms with Gasteiger partial charge in [-0.15, -0.1) is 0 Å². The zero-order valence-electron chi connectivity index (χ0n) is 16.4. The molecular weight excluding hydrogens is 292 g/mol. The Kier molecular flexibility index (Phi) is 10.9. The van der Waals surface area contributed by atoms with E-state index < -0.39 is 0 Å². The zero-order chi connectivity index (χ0) is 17.7. The molecule has 1 nitrogen and oxygen atoms in total. The molecule has 0 unspecified atom stereocenters. The Morgan fingerprint density at radius 2 is 1.12 bits per heavy atom. The summed E-state index contributed by atoms with van der Waals surface area (Å²) in [5.41, 5.74) is 1.40. The molecule has 1 N–H and O–H groups in total. The van der Waals surface area contributed by atoms with E-state index >= 15 is 0 Å². The minimum absolute atomic E-state index is 0.184. The Balaban J connectivity index is 2.98. The second-order valence-corrected chi connectivity index (χ2v) is 7.52. The van der Waals surface area contributed by atoms with Crippen LogP contribution in [0, 0.1) is 0 Å². The second kappa shape index (κ2) is 12.4. The van der Waals surface area contributed by atoms with Crippen LogP contribution in [0.4, 0.5) is 0 Å². The average Bonchev–Trinajstić information content (AvgIpc) is 2.59. The molecule has 0 bridgehead atoms. The van der Waals surface area contributed by atoms with Crippen LogP contribution in [0.5, 0.6) is 5.75 Å². The number of aromatic hydroxyl groups is 1. The predicted octanol–water partition coefficient (Wildman–Crippen LogP) is 7.76. The molecule has 0 aliphatic rings. The highest BCUT2D eigenvalue weighted by Gasteiger charge is 2.32. The van der Waals surface area contributed by atoms with Crippen molar-refractivity contribution in [3.63, 3.8) is 0 Å². The number of para-hydroxylation sites is 1. The molecule has 0 aromatic heterocycles. The molecule has 0 radical (unpaired) electrons. The van der Waals surface area contributed by atoms with Gasteiger partial charge in [0, 0.05) is 5.56 Å². The van der Waals surface area contributed by atoms with Crippen molar-refractivity contribution < 1.29 is 5.11 Å². The topological polar surface area (TPSA) is 20.2 Å². The molecule has 0 aliphatic carbocycles. The highest BCUT2D eigenvalue weighted by atomic mass is 16.3. The molecule has 24 heavy (non-hydrogen) atoms. The molecule has 0 fully saturated rings. The molecule has 0 atom stereocenters. The highest BCUT2D eigenvalue weighted by molar-refractivity contribution is 5.38. The maximum atomic E-state index is 10.6. The van der Waals surface area contributed by atoms with E-state index in [9.17, 15) is 5.11 Å². The summed E-state index contributed by atoms with van der Waals surface area (Å²) >= 11 is 0. The number of hydrogen-bond donors (Lipinski definition) is 1. The van der Waals surface area contributed by atoms with Crippen molar-refractivity contribution in [3.8, 4) is 5.75 Å².